The smallest absolute Gasteiger partial charge is 0.261 e. The van der Waals surface area contributed by atoms with Gasteiger partial charge >= 0.3 is 0 Å². The van der Waals surface area contributed by atoms with Crippen LogP contribution in [0.1, 0.15) is 27.3 Å². The van der Waals surface area contributed by atoms with Crippen molar-refractivity contribution in [2.45, 2.75) is 18.4 Å². The Kier molecular flexibility index (Phi) is 5.92. The number of aromatic nitrogens is 4. The summed E-state index contributed by atoms with van der Waals surface area (Å²) in [6.45, 7) is 1.89. The van der Waals surface area contributed by atoms with E-state index in [4.69, 9.17) is 16.3 Å². The molecular formula is C21H18ClN5O4S. The number of ketones is 1. The summed E-state index contributed by atoms with van der Waals surface area (Å²) in [7, 11) is -2.53. The standard InChI is InChI=1S/C21H18ClN5O4S/c1-12-7-14(3-4-16(12)22)32(29,30)27-17-8-13(10-31-2)9-24-19(17)20(28)18-15-5-6-23-21(15)26-11-25-18/h3-9,11,27H,10H2,1-2H3,(H,23,25,26). The zero-order chi connectivity index (χ0) is 22.9. The van der Waals surface area contributed by atoms with Gasteiger partial charge in [0.25, 0.3) is 10.0 Å². The van der Waals surface area contributed by atoms with Gasteiger partial charge in [0.1, 0.15) is 23.4 Å². The molecule has 0 spiro atoms. The van der Waals surface area contributed by atoms with Crippen molar-refractivity contribution >= 4 is 44.1 Å². The molecule has 1 aromatic carbocycles. The summed E-state index contributed by atoms with van der Waals surface area (Å²) >= 11 is 6.02. The van der Waals surface area contributed by atoms with Crippen LogP contribution in [0, 0.1) is 6.92 Å². The Hall–Kier alpha value is -3.34. The van der Waals surface area contributed by atoms with E-state index in [1.165, 1.54) is 43.9 Å². The summed E-state index contributed by atoms with van der Waals surface area (Å²) in [4.78, 5) is 28.6. The van der Waals surface area contributed by atoms with E-state index >= 15 is 0 Å². The summed E-state index contributed by atoms with van der Waals surface area (Å²) in [5, 5.41) is 0.949. The Morgan fingerprint density at radius 1 is 1.16 bits per heavy atom. The second-order valence-electron chi connectivity index (χ2n) is 6.98. The minimum absolute atomic E-state index is 0.00463. The number of carbonyl (C=O) groups excluding carboxylic acids is 1. The number of nitrogens with one attached hydrogen (secondary N) is 2. The third kappa shape index (κ3) is 4.20. The van der Waals surface area contributed by atoms with Crippen molar-refractivity contribution in [3.8, 4) is 0 Å². The first kappa shape index (κ1) is 21.9. The Morgan fingerprint density at radius 2 is 1.97 bits per heavy atom. The number of benzene rings is 1. The van der Waals surface area contributed by atoms with Crippen molar-refractivity contribution in [2.75, 3.05) is 11.8 Å². The lowest BCUT2D eigenvalue weighted by atomic mass is 10.1. The van der Waals surface area contributed by atoms with E-state index in [1.54, 1.807) is 19.2 Å². The average Bonchev–Trinajstić information content (AvgIpc) is 3.24. The highest BCUT2D eigenvalue weighted by Gasteiger charge is 2.24. The number of methoxy groups -OCH3 is 1. The Morgan fingerprint density at radius 3 is 2.72 bits per heavy atom. The van der Waals surface area contributed by atoms with Crippen LogP contribution in [0.15, 0.2) is 53.9 Å². The number of rotatable bonds is 7. The summed E-state index contributed by atoms with van der Waals surface area (Å²) in [5.41, 5.74) is 1.69. The molecule has 4 rings (SSSR count). The number of aromatic amines is 1. The number of ether oxygens (including phenoxy) is 1. The van der Waals surface area contributed by atoms with E-state index < -0.39 is 15.8 Å². The Balaban J connectivity index is 1.80. The summed E-state index contributed by atoms with van der Waals surface area (Å²) in [5.74, 6) is -0.550. The number of carbonyl (C=O) groups is 1. The molecule has 0 fully saturated rings. The van der Waals surface area contributed by atoms with Gasteiger partial charge in [-0.05, 0) is 48.4 Å². The van der Waals surface area contributed by atoms with Crippen molar-refractivity contribution < 1.29 is 17.9 Å². The number of halogens is 1. The summed E-state index contributed by atoms with van der Waals surface area (Å²) in [6.07, 6.45) is 4.35. The monoisotopic (exact) mass is 471 g/mol. The topological polar surface area (TPSA) is 127 Å². The van der Waals surface area contributed by atoms with Crippen molar-refractivity contribution in [3.05, 3.63) is 76.6 Å². The summed E-state index contributed by atoms with van der Waals surface area (Å²) < 4.78 is 33.7. The molecule has 0 bridgehead atoms. The van der Waals surface area contributed by atoms with Gasteiger partial charge in [0.15, 0.2) is 0 Å². The lowest BCUT2D eigenvalue weighted by Gasteiger charge is -2.14. The van der Waals surface area contributed by atoms with E-state index in [0.29, 0.717) is 27.2 Å². The molecule has 0 aliphatic rings. The van der Waals surface area contributed by atoms with Gasteiger partial charge in [0.2, 0.25) is 5.78 Å². The number of aryl methyl sites for hydroxylation is 1. The minimum Gasteiger partial charge on any atom is -0.380 e. The SMILES string of the molecule is COCc1cnc(C(=O)c2ncnc3[nH]ccc23)c(NS(=O)(=O)c2ccc(Cl)c(C)c2)c1. The number of nitrogens with zero attached hydrogens (tertiary/aromatic N) is 3. The first-order chi connectivity index (χ1) is 15.3. The zero-order valence-electron chi connectivity index (χ0n) is 17.1. The van der Waals surface area contributed by atoms with E-state index in [0.717, 1.165) is 0 Å². The predicted octanol–water partition coefficient (Wildman–Crippen LogP) is 3.49. The fourth-order valence-corrected chi connectivity index (χ4v) is 4.43. The second kappa shape index (κ2) is 8.65. The number of hydrogen-bond donors (Lipinski definition) is 2. The Bertz CT molecular complexity index is 1440. The van der Waals surface area contributed by atoms with Crippen LogP contribution in [0.2, 0.25) is 5.02 Å². The maximum Gasteiger partial charge on any atom is 0.261 e. The van der Waals surface area contributed by atoms with Crippen LogP contribution in [0.3, 0.4) is 0 Å². The van der Waals surface area contributed by atoms with Gasteiger partial charge in [-0.15, -0.1) is 0 Å². The lowest BCUT2D eigenvalue weighted by Crippen LogP contribution is -2.18. The average molecular weight is 472 g/mol. The van der Waals surface area contributed by atoms with E-state index in [-0.39, 0.29) is 28.6 Å². The molecule has 0 unspecified atom stereocenters. The van der Waals surface area contributed by atoms with Gasteiger partial charge in [-0.3, -0.25) is 14.5 Å². The molecule has 2 N–H and O–H groups in total. The van der Waals surface area contributed by atoms with E-state index in [9.17, 15) is 13.2 Å². The third-order valence-corrected chi connectivity index (χ3v) is 6.51. The highest BCUT2D eigenvalue weighted by Crippen LogP contribution is 2.26. The summed E-state index contributed by atoms with van der Waals surface area (Å²) in [6, 6.07) is 7.52. The van der Waals surface area contributed by atoms with Crippen LogP contribution in [0.5, 0.6) is 0 Å². The van der Waals surface area contributed by atoms with E-state index in [2.05, 4.69) is 24.7 Å². The number of pyridine rings is 1. The fourth-order valence-electron chi connectivity index (χ4n) is 3.17. The van der Waals surface area contributed by atoms with Crippen LogP contribution >= 0.6 is 11.6 Å². The van der Waals surface area contributed by atoms with Crippen molar-refractivity contribution in [2.24, 2.45) is 0 Å². The van der Waals surface area contributed by atoms with Gasteiger partial charge in [-0.1, -0.05) is 11.6 Å². The number of sulfonamides is 1. The van der Waals surface area contributed by atoms with E-state index in [1.807, 2.05) is 0 Å². The first-order valence-electron chi connectivity index (χ1n) is 9.40. The molecular weight excluding hydrogens is 454 g/mol. The maximum atomic E-state index is 13.3. The van der Waals surface area contributed by atoms with Gasteiger partial charge < -0.3 is 9.72 Å². The molecule has 3 heterocycles. The lowest BCUT2D eigenvalue weighted by molar-refractivity contribution is 0.103. The third-order valence-electron chi connectivity index (χ3n) is 4.72. The molecule has 4 aromatic rings. The molecule has 164 valence electrons. The van der Waals surface area contributed by atoms with Gasteiger partial charge in [-0.2, -0.15) is 0 Å². The first-order valence-corrected chi connectivity index (χ1v) is 11.3. The normalized spacial score (nSPS) is 11.6. The molecule has 9 nitrogen and oxygen atoms in total. The number of hydrogen-bond acceptors (Lipinski definition) is 7. The van der Waals surface area contributed by atoms with Gasteiger partial charge in [0, 0.05) is 29.9 Å². The van der Waals surface area contributed by atoms with Gasteiger partial charge in [0.05, 0.1) is 17.2 Å². The van der Waals surface area contributed by atoms with Crippen molar-refractivity contribution in [1.29, 1.82) is 0 Å². The molecule has 11 heteroatoms. The molecule has 0 radical (unpaired) electrons. The second-order valence-corrected chi connectivity index (χ2v) is 9.07. The molecule has 0 amide bonds. The number of fused-ring (bicyclic) bond motifs is 1. The van der Waals surface area contributed by atoms with Crippen LogP contribution in [-0.4, -0.2) is 41.2 Å². The molecule has 0 atom stereocenters. The Labute approximate surface area is 188 Å². The van der Waals surface area contributed by atoms with Crippen LogP contribution in [0.4, 0.5) is 5.69 Å². The fraction of sp³-hybridized carbons (Fsp3) is 0.143. The predicted molar refractivity (Wildman–Crippen MR) is 119 cm³/mol. The molecule has 0 saturated heterocycles. The van der Waals surface area contributed by atoms with Crippen LogP contribution in [-0.2, 0) is 21.4 Å². The number of H-pyrrole nitrogens is 1. The number of anilines is 1. The molecule has 0 saturated carbocycles. The molecule has 0 aliphatic carbocycles. The highest BCUT2D eigenvalue weighted by atomic mass is 35.5. The zero-order valence-corrected chi connectivity index (χ0v) is 18.7. The molecule has 3 aromatic heterocycles. The largest absolute Gasteiger partial charge is 0.380 e. The van der Waals surface area contributed by atoms with Crippen LogP contribution in [0.25, 0.3) is 11.0 Å². The highest BCUT2D eigenvalue weighted by molar-refractivity contribution is 7.92. The maximum absolute atomic E-state index is 13.3. The van der Waals surface area contributed by atoms with Crippen molar-refractivity contribution in [3.63, 3.8) is 0 Å². The van der Waals surface area contributed by atoms with Gasteiger partial charge in [-0.25, -0.2) is 18.4 Å². The molecule has 32 heavy (non-hydrogen) atoms. The quantitative estimate of drug-likeness (QED) is 0.395. The minimum atomic E-state index is -4.03. The van der Waals surface area contributed by atoms with Crippen molar-refractivity contribution in [1.82, 2.24) is 19.9 Å². The molecule has 0 aliphatic heterocycles. The van der Waals surface area contributed by atoms with Crippen LogP contribution < -0.4 is 4.72 Å².